The van der Waals surface area contributed by atoms with Gasteiger partial charge in [-0.15, -0.1) is 0 Å². The Balaban J connectivity index is 1.52. The molecule has 0 aliphatic carbocycles. The number of nitrogens with zero attached hydrogens (tertiary/aromatic N) is 3. The molecular formula is C24H22ClFN4O3. The van der Waals surface area contributed by atoms with Crippen LogP contribution in [-0.2, 0) is 24.4 Å². The van der Waals surface area contributed by atoms with E-state index in [1.165, 1.54) is 20.3 Å². The molecule has 9 heteroatoms. The second kappa shape index (κ2) is 9.97. The number of pyridine rings is 1. The number of fused-ring (bicyclic) bond motifs is 1. The van der Waals surface area contributed by atoms with Crippen molar-refractivity contribution in [2.45, 2.75) is 19.7 Å². The highest BCUT2D eigenvalue weighted by atomic mass is 35.5. The second-order valence-electron chi connectivity index (χ2n) is 7.42. The molecule has 4 aromatic rings. The first-order chi connectivity index (χ1) is 16.0. The van der Waals surface area contributed by atoms with E-state index >= 15 is 0 Å². The van der Waals surface area contributed by atoms with Gasteiger partial charge in [0.15, 0.2) is 11.6 Å². The standard InChI is InChI=1S/C24H22ClFN4O3/c1-32-14-21-19(24(31)28-11-17-4-3-5-22(33-2)23(17)26)13-30(29-21)12-15-8-16-6-7-18(25)9-20(16)27-10-15/h3-10,13H,11-12,14H2,1-2H3,(H,28,31). The highest BCUT2D eigenvalue weighted by Gasteiger charge is 2.18. The lowest BCUT2D eigenvalue weighted by Crippen LogP contribution is -2.24. The minimum Gasteiger partial charge on any atom is -0.494 e. The van der Waals surface area contributed by atoms with E-state index in [1.807, 2.05) is 18.2 Å². The third-order valence-corrected chi connectivity index (χ3v) is 5.35. The summed E-state index contributed by atoms with van der Waals surface area (Å²) in [4.78, 5) is 17.3. The van der Waals surface area contributed by atoms with Crippen molar-refractivity contribution in [2.75, 3.05) is 14.2 Å². The smallest absolute Gasteiger partial charge is 0.255 e. The molecule has 1 N–H and O–H groups in total. The molecule has 0 saturated carbocycles. The van der Waals surface area contributed by atoms with Crippen molar-refractivity contribution >= 4 is 28.4 Å². The molecule has 33 heavy (non-hydrogen) atoms. The summed E-state index contributed by atoms with van der Waals surface area (Å²) < 4.78 is 26.2. The van der Waals surface area contributed by atoms with Crippen LogP contribution < -0.4 is 10.1 Å². The number of carbonyl (C=O) groups excluding carboxylic acids is 1. The fraction of sp³-hybridized carbons (Fsp3) is 0.208. The molecule has 0 aliphatic rings. The monoisotopic (exact) mass is 468 g/mol. The number of halogens is 2. The third-order valence-electron chi connectivity index (χ3n) is 5.11. The number of hydrogen-bond donors (Lipinski definition) is 1. The lowest BCUT2D eigenvalue weighted by Gasteiger charge is -2.09. The van der Waals surface area contributed by atoms with Crippen LogP contribution in [0.3, 0.4) is 0 Å². The maximum Gasteiger partial charge on any atom is 0.255 e. The Hall–Kier alpha value is -3.49. The zero-order valence-electron chi connectivity index (χ0n) is 18.1. The lowest BCUT2D eigenvalue weighted by atomic mass is 10.1. The number of rotatable bonds is 8. The number of hydrogen-bond acceptors (Lipinski definition) is 5. The van der Waals surface area contributed by atoms with E-state index < -0.39 is 5.82 Å². The predicted octanol–water partition coefficient (Wildman–Crippen LogP) is 4.36. The number of nitrogens with one attached hydrogen (secondary N) is 1. The molecule has 0 aliphatic heterocycles. The SMILES string of the molecule is COCc1nn(Cc2cnc3cc(Cl)ccc3c2)cc1C(=O)NCc1cccc(OC)c1F. The van der Waals surface area contributed by atoms with Crippen molar-refractivity contribution in [2.24, 2.45) is 0 Å². The first-order valence-electron chi connectivity index (χ1n) is 10.2. The highest BCUT2D eigenvalue weighted by Crippen LogP contribution is 2.21. The summed E-state index contributed by atoms with van der Waals surface area (Å²) in [6.45, 7) is 0.592. The van der Waals surface area contributed by atoms with Crippen molar-refractivity contribution in [3.8, 4) is 5.75 Å². The molecule has 2 aromatic heterocycles. The first kappa shape index (κ1) is 22.7. The topological polar surface area (TPSA) is 78.3 Å². The summed E-state index contributed by atoms with van der Waals surface area (Å²) >= 11 is 6.03. The molecule has 0 atom stereocenters. The Bertz CT molecular complexity index is 1310. The van der Waals surface area contributed by atoms with Crippen LogP contribution in [0, 0.1) is 5.82 Å². The molecule has 7 nitrogen and oxygen atoms in total. The molecule has 2 aromatic carbocycles. The number of aromatic nitrogens is 3. The fourth-order valence-electron chi connectivity index (χ4n) is 3.51. The van der Waals surface area contributed by atoms with E-state index in [4.69, 9.17) is 21.1 Å². The van der Waals surface area contributed by atoms with Crippen LogP contribution in [-0.4, -0.2) is 34.9 Å². The van der Waals surface area contributed by atoms with Gasteiger partial charge in [-0.3, -0.25) is 14.5 Å². The summed E-state index contributed by atoms with van der Waals surface area (Å²) in [5.74, 6) is -0.749. The van der Waals surface area contributed by atoms with Crippen LogP contribution in [0.4, 0.5) is 4.39 Å². The number of methoxy groups -OCH3 is 2. The van der Waals surface area contributed by atoms with Crippen LogP contribution in [0.5, 0.6) is 5.75 Å². The normalized spacial score (nSPS) is 11.0. The zero-order chi connectivity index (χ0) is 23.4. The van der Waals surface area contributed by atoms with E-state index in [0.29, 0.717) is 28.4 Å². The fourth-order valence-corrected chi connectivity index (χ4v) is 3.68. The van der Waals surface area contributed by atoms with Gasteiger partial charge in [-0.25, -0.2) is 4.39 Å². The summed E-state index contributed by atoms with van der Waals surface area (Å²) in [5, 5.41) is 8.83. The van der Waals surface area contributed by atoms with Crippen LogP contribution in [0.1, 0.15) is 27.2 Å². The Labute approximate surface area is 195 Å². The second-order valence-corrected chi connectivity index (χ2v) is 7.85. The predicted molar refractivity (Wildman–Crippen MR) is 123 cm³/mol. The first-order valence-corrected chi connectivity index (χ1v) is 10.6. The number of ether oxygens (including phenoxy) is 2. The van der Waals surface area contributed by atoms with Gasteiger partial charge in [0.2, 0.25) is 0 Å². The molecule has 0 bridgehead atoms. The van der Waals surface area contributed by atoms with Crippen molar-refractivity contribution in [3.05, 3.63) is 88.1 Å². The Kier molecular flexibility index (Phi) is 6.86. The molecule has 0 radical (unpaired) electrons. The summed E-state index contributed by atoms with van der Waals surface area (Å²) in [6.07, 6.45) is 3.40. The third kappa shape index (κ3) is 5.13. The Morgan fingerprint density at radius 3 is 2.85 bits per heavy atom. The van der Waals surface area contributed by atoms with E-state index in [0.717, 1.165) is 16.5 Å². The molecule has 0 spiro atoms. The van der Waals surface area contributed by atoms with Crippen LogP contribution >= 0.6 is 11.6 Å². The largest absolute Gasteiger partial charge is 0.494 e. The number of carbonyl (C=O) groups is 1. The minimum atomic E-state index is -0.502. The number of amides is 1. The van der Waals surface area contributed by atoms with Crippen molar-refractivity contribution in [1.29, 1.82) is 0 Å². The van der Waals surface area contributed by atoms with Gasteiger partial charge in [-0.05, 0) is 29.8 Å². The number of benzene rings is 2. The van der Waals surface area contributed by atoms with Gasteiger partial charge in [-0.1, -0.05) is 29.8 Å². The molecule has 4 rings (SSSR count). The van der Waals surface area contributed by atoms with Gasteiger partial charge < -0.3 is 14.8 Å². The van der Waals surface area contributed by atoms with E-state index in [1.54, 1.807) is 35.3 Å². The molecule has 1 amide bonds. The maximum atomic E-state index is 14.4. The highest BCUT2D eigenvalue weighted by molar-refractivity contribution is 6.31. The van der Waals surface area contributed by atoms with Gasteiger partial charge in [0.1, 0.15) is 5.69 Å². The summed E-state index contributed by atoms with van der Waals surface area (Å²) in [6, 6.07) is 12.3. The summed E-state index contributed by atoms with van der Waals surface area (Å²) in [7, 11) is 2.93. The molecule has 2 heterocycles. The zero-order valence-corrected chi connectivity index (χ0v) is 18.9. The van der Waals surface area contributed by atoms with Crippen molar-refractivity contribution in [3.63, 3.8) is 0 Å². The van der Waals surface area contributed by atoms with E-state index in [2.05, 4.69) is 15.4 Å². The Morgan fingerprint density at radius 2 is 2.06 bits per heavy atom. The van der Waals surface area contributed by atoms with Gasteiger partial charge in [0.05, 0.1) is 31.3 Å². The molecule has 0 saturated heterocycles. The maximum absolute atomic E-state index is 14.4. The average Bonchev–Trinajstić information content (AvgIpc) is 3.20. The van der Waals surface area contributed by atoms with Gasteiger partial charge in [-0.2, -0.15) is 5.10 Å². The molecular weight excluding hydrogens is 447 g/mol. The van der Waals surface area contributed by atoms with Crippen LogP contribution in [0.2, 0.25) is 5.02 Å². The lowest BCUT2D eigenvalue weighted by molar-refractivity contribution is 0.0945. The van der Waals surface area contributed by atoms with Gasteiger partial charge >= 0.3 is 0 Å². The van der Waals surface area contributed by atoms with Gasteiger partial charge in [0, 0.05) is 42.0 Å². The minimum absolute atomic E-state index is 0.0105. The van der Waals surface area contributed by atoms with Crippen molar-refractivity contribution in [1.82, 2.24) is 20.1 Å². The van der Waals surface area contributed by atoms with Crippen molar-refractivity contribution < 1.29 is 18.7 Å². The molecule has 0 fully saturated rings. The average molecular weight is 469 g/mol. The molecule has 0 unspecified atom stereocenters. The van der Waals surface area contributed by atoms with Crippen LogP contribution in [0.25, 0.3) is 10.9 Å². The Morgan fingerprint density at radius 1 is 1.21 bits per heavy atom. The summed E-state index contributed by atoms with van der Waals surface area (Å²) in [5.41, 5.74) is 2.89. The van der Waals surface area contributed by atoms with Gasteiger partial charge in [0.25, 0.3) is 5.91 Å². The van der Waals surface area contributed by atoms with E-state index in [-0.39, 0.29) is 24.8 Å². The molecule has 170 valence electrons. The van der Waals surface area contributed by atoms with E-state index in [9.17, 15) is 9.18 Å². The quantitative estimate of drug-likeness (QED) is 0.416. The van der Waals surface area contributed by atoms with Crippen LogP contribution in [0.15, 0.2) is 54.9 Å².